The quantitative estimate of drug-likeness (QED) is 0.848. The van der Waals surface area contributed by atoms with Gasteiger partial charge >= 0.3 is 6.03 Å². The molecule has 0 bridgehead atoms. The molecule has 1 aromatic heterocycles. The molecule has 1 aromatic carbocycles. The van der Waals surface area contributed by atoms with Crippen LogP contribution in [-0.2, 0) is 6.42 Å². The fourth-order valence-electron chi connectivity index (χ4n) is 2.80. The van der Waals surface area contributed by atoms with Crippen LogP contribution in [0.2, 0.25) is 0 Å². The minimum atomic E-state index is -0.120. The molecule has 1 unspecified atom stereocenters. The number of nitrogens with one attached hydrogen (secondary N) is 1. The Balaban J connectivity index is 1.75. The zero-order chi connectivity index (χ0) is 15.7. The maximum atomic E-state index is 12.5. The molecule has 1 atom stereocenters. The van der Waals surface area contributed by atoms with E-state index >= 15 is 0 Å². The number of benzene rings is 1. The van der Waals surface area contributed by atoms with Crippen LogP contribution in [0.25, 0.3) is 0 Å². The molecule has 1 aliphatic heterocycles. The van der Waals surface area contributed by atoms with E-state index in [1.165, 1.54) is 17.4 Å². The highest BCUT2D eigenvalue weighted by Gasteiger charge is 2.28. The predicted molar refractivity (Wildman–Crippen MR) is 88.6 cm³/mol. The summed E-state index contributed by atoms with van der Waals surface area (Å²) in [5, 5.41) is 4.98. The second-order valence-corrected chi connectivity index (χ2v) is 6.49. The highest BCUT2D eigenvalue weighted by atomic mass is 32.1. The minimum Gasteiger partial charge on any atom is -0.317 e. The number of urea groups is 1. The average Bonchev–Trinajstić information content (AvgIpc) is 2.97. The Kier molecular flexibility index (Phi) is 3.98. The highest BCUT2D eigenvalue weighted by Crippen LogP contribution is 2.33. The van der Waals surface area contributed by atoms with Crippen LogP contribution in [0.5, 0.6) is 0 Å². The average molecular weight is 314 g/mol. The molecular formula is C17H18N2O2S. The number of thiophene rings is 1. The topological polar surface area (TPSA) is 49.4 Å². The third kappa shape index (κ3) is 2.76. The van der Waals surface area contributed by atoms with Gasteiger partial charge in [0.15, 0.2) is 5.78 Å². The summed E-state index contributed by atoms with van der Waals surface area (Å²) >= 11 is 1.76. The molecule has 1 aliphatic rings. The Morgan fingerprint density at radius 2 is 2.14 bits per heavy atom. The van der Waals surface area contributed by atoms with Gasteiger partial charge in [0.25, 0.3) is 0 Å². The minimum absolute atomic E-state index is 0.00893. The van der Waals surface area contributed by atoms with Gasteiger partial charge in [-0.25, -0.2) is 4.79 Å². The third-order valence-corrected chi connectivity index (χ3v) is 5.05. The SMILES string of the molecule is CC(=O)c1cccc(NC(=O)N2CCc3sccc3C2C)c1. The first-order valence-corrected chi connectivity index (χ1v) is 8.19. The predicted octanol–water partition coefficient (Wildman–Crippen LogP) is 4.10. The number of hydrogen-bond donors (Lipinski definition) is 1. The van der Waals surface area contributed by atoms with Crippen LogP contribution in [0.4, 0.5) is 10.5 Å². The van der Waals surface area contributed by atoms with Crippen molar-refractivity contribution >= 4 is 28.8 Å². The van der Waals surface area contributed by atoms with Gasteiger partial charge in [0.1, 0.15) is 0 Å². The molecule has 0 spiro atoms. The molecule has 2 amide bonds. The summed E-state index contributed by atoms with van der Waals surface area (Å²) in [5.74, 6) is -0.00893. The number of fused-ring (bicyclic) bond motifs is 1. The van der Waals surface area contributed by atoms with Crippen molar-refractivity contribution in [3.63, 3.8) is 0 Å². The van der Waals surface area contributed by atoms with E-state index in [9.17, 15) is 9.59 Å². The summed E-state index contributed by atoms with van der Waals surface area (Å²) in [6.45, 7) is 4.29. The molecule has 0 saturated heterocycles. The van der Waals surface area contributed by atoms with Gasteiger partial charge in [0, 0.05) is 22.7 Å². The lowest BCUT2D eigenvalue weighted by Crippen LogP contribution is -2.40. The van der Waals surface area contributed by atoms with E-state index in [0.29, 0.717) is 17.8 Å². The summed E-state index contributed by atoms with van der Waals surface area (Å²) in [7, 11) is 0. The zero-order valence-electron chi connectivity index (χ0n) is 12.6. The first kappa shape index (κ1) is 14.8. The maximum Gasteiger partial charge on any atom is 0.322 e. The van der Waals surface area contributed by atoms with Crippen molar-refractivity contribution in [2.45, 2.75) is 26.3 Å². The van der Waals surface area contributed by atoms with Crippen molar-refractivity contribution in [1.82, 2.24) is 4.90 Å². The van der Waals surface area contributed by atoms with Gasteiger partial charge in [0.05, 0.1) is 6.04 Å². The van der Waals surface area contributed by atoms with Gasteiger partial charge in [-0.3, -0.25) is 4.79 Å². The molecule has 2 heterocycles. The Morgan fingerprint density at radius 1 is 1.32 bits per heavy atom. The van der Waals surface area contributed by atoms with E-state index in [0.717, 1.165) is 6.42 Å². The smallest absolute Gasteiger partial charge is 0.317 e. The van der Waals surface area contributed by atoms with Crippen molar-refractivity contribution in [2.75, 3.05) is 11.9 Å². The fourth-order valence-corrected chi connectivity index (χ4v) is 3.76. The molecule has 0 aliphatic carbocycles. The van der Waals surface area contributed by atoms with Crippen LogP contribution in [-0.4, -0.2) is 23.3 Å². The van der Waals surface area contributed by atoms with Crippen LogP contribution in [0.3, 0.4) is 0 Å². The number of carbonyl (C=O) groups is 2. The first-order valence-electron chi connectivity index (χ1n) is 7.31. The van der Waals surface area contributed by atoms with Crippen LogP contribution in [0, 0.1) is 0 Å². The Hall–Kier alpha value is -2.14. The number of carbonyl (C=O) groups excluding carboxylic acids is 2. The molecule has 5 heteroatoms. The lowest BCUT2D eigenvalue weighted by Gasteiger charge is -2.33. The molecule has 0 fully saturated rings. The van der Waals surface area contributed by atoms with Gasteiger partial charge < -0.3 is 10.2 Å². The standard InChI is InChI=1S/C17H18N2O2S/c1-11-15-7-9-22-16(15)6-8-19(11)17(21)18-14-5-3-4-13(10-14)12(2)20/h3-5,7,9-11H,6,8H2,1-2H3,(H,18,21). The number of hydrogen-bond acceptors (Lipinski definition) is 3. The monoisotopic (exact) mass is 314 g/mol. The van der Waals surface area contributed by atoms with E-state index in [1.54, 1.807) is 35.6 Å². The third-order valence-electron chi connectivity index (χ3n) is 4.06. The van der Waals surface area contributed by atoms with Crippen molar-refractivity contribution in [2.24, 2.45) is 0 Å². The number of Topliss-reactive ketones (excluding diaryl/α,β-unsaturated/α-hetero) is 1. The Labute approximate surface area is 133 Å². The van der Waals surface area contributed by atoms with Crippen LogP contribution >= 0.6 is 11.3 Å². The molecule has 4 nitrogen and oxygen atoms in total. The molecule has 1 N–H and O–H groups in total. The second kappa shape index (κ2) is 5.93. The van der Waals surface area contributed by atoms with Gasteiger partial charge in [-0.1, -0.05) is 12.1 Å². The highest BCUT2D eigenvalue weighted by molar-refractivity contribution is 7.10. The zero-order valence-corrected chi connectivity index (χ0v) is 13.4. The molecular weight excluding hydrogens is 296 g/mol. The molecule has 22 heavy (non-hydrogen) atoms. The van der Waals surface area contributed by atoms with Gasteiger partial charge in [-0.15, -0.1) is 11.3 Å². The summed E-state index contributed by atoms with van der Waals surface area (Å²) in [6, 6.07) is 9.10. The van der Waals surface area contributed by atoms with Gasteiger partial charge in [-0.05, 0) is 49.4 Å². The van der Waals surface area contributed by atoms with Crippen LogP contribution < -0.4 is 5.32 Å². The van der Waals surface area contributed by atoms with Crippen LogP contribution in [0.1, 0.15) is 40.7 Å². The fraction of sp³-hybridized carbons (Fsp3) is 0.294. The lowest BCUT2D eigenvalue weighted by atomic mass is 10.0. The summed E-state index contributed by atoms with van der Waals surface area (Å²) in [6.07, 6.45) is 0.901. The second-order valence-electron chi connectivity index (χ2n) is 5.49. The largest absolute Gasteiger partial charge is 0.322 e. The maximum absolute atomic E-state index is 12.5. The van der Waals surface area contributed by atoms with Crippen molar-refractivity contribution in [3.8, 4) is 0 Å². The Bertz CT molecular complexity index is 723. The van der Waals surface area contributed by atoms with Gasteiger partial charge in [-0.2, -0.15) is 0 Å². The van der Waals surface area contributed by atoms with Crippen molar-refractivity contribution < 1.29 is 9.59 Å². The lowest BCUT2D eigenvalue weighted by molar-refractivity contribution is 0.101. The molecule has 3 rings (SSSR count). The van der Waals surface area contributed by atoms with Crippen LogP contribution in [0.15, 0.2) is 35.7 Å². The number of ketones is 1. The summed E-state index contributed by atoms with van der Waals surface area (Å²) < 4.78 is 0. The summed E-state index contributed by atoms with van der Waals surface area (Å²) in [4.78, 5) is 27.2. The van der Waals surface area contributed by atoms with E-state index in [1.807, 2.05) is 4.90 Å². The molecule has 114 valence electrons. The molecule has 0 saturated carbocycles. The van der Waals surface area contributed by atoms with E-state index in [2.05, 4.69) is 23.7 Å². The number of rotatable bonds is 2. The molecule has 2 aromatic rings. The summed E-state index contributed by atoms with van der Waals surface area (Å²) in [5.41, 5.74) is 2.49. The normalized spacial score (nSPS) is 17.0. The van der Waals surface area contributed by atoms with E-state index in [4.69, 9.17) is 0 Å². The first-order chi connectivity index (χ1) is 10.6. The van der Waals surface area contributed by atoms with Crippen molar-refractivity contribution in [3.05, 3.63) is 51.7 Å². The Morgan fingerprint density at radius 3 is 2.91 bits per heavy atom. The molecule has 0 radical (unpaired) electrons. The van der Waals surface area contributed by atoms with E-state index in [-0.39, 0.29) is 17.9 Å². The number of anilines is 1. The van der Waals surface area contributed by atoms with Crippen molar-refractivity contribution in [1.29, 1.82) is 0 Å². The van der Waals surface area contributed by atoms with Gasteiger partial charge in [0.2, 0.25) is 0 Å². The van der Waals surface area contributed by atoms with E-state index < -0.39 is 0 Å². The number of amides is 2. The number of nitrogens with zero attached hydrogens (tertiary/aromatic N) is 1.